The Kier molecular flexibility index (Phi) is 2.97. The van der Waals surface area contributed by atoms with Crippen LogP contribution >= 0.6 is 11.3 Å². The Labute approximate surface area is 133 Å². The molecule has 1 aliphatic rings. The first-order valence-electron chi connectivity index (χ1n) is 7.30. The number of aryl methyl sites for hydroxylation is 3. The molecule has 2 aromatic heterocycles. The van der Waals surface area contributed by atoms with Gasteiger partial charge in [0.25, 0.3) is 0 Å². The van der Waals surface area contributed by atoms with E-state index >= 15 is 0 Å². The van der Waals surface area contributed by atoms with Crippen molar-refractivity contribution in [1.29, 1.82) is 0 Å². The van der Waals surface area contributed by atoms with Gasteiger partial charge in [-0.1, -0.05) is 0 Å². The van der Waals surface area contributed by atoms with Crippen LogP contribution in [0.4, 0.5) is 5.69 Å². The van der Waals surface area contributed by atoms with E-state index in [4.69, 9.17) is 10.5 Å². The molecule has 0 saturated carbocycles. The van der Waals surface area contributed by atoms with E-state index in [9.17, 15) is 0 Å². The van der Waals surface area contributed by atoms with E-state index in [-0.39, 0.29) is 0 Å². The molecule has 0 aliphatic heterocycles. The first-order valence-corrected chi connectivity index (χ1v) is 8.12. The number of fused-ring (bicyclic) bond motifs is 3. The van der Waals surface area contributed by atoms with Crippen LogP contribution < -0.4 is 10.5 Å². The third kappa shape index (κ3) is 2.01. The fourth-order valence-corrected chi connectivity index (χ4v) is 4.12. The molecule has 0 radical (unpaired) electrons. The summed E-state index contributed by atoms with van der Waals surface area (Å²) in [4.78, 5) is 1.33. The van der Waals surface area contributed by atoms with Crippen LogP contribution in [0.5, 0.6) is 10.8 Å². The number of hydrogen-bond acceptors (Lipinski definition) is 4. The van der Waals surface area contributed by atoms with Crippen LogP contribution in [0, 0.1) is 6.92 Å². The molecule has 2 heterocycles. The fourth-order valence-electron chi connectivity index (χ4n) is 3.05. The topological polar surface area (TPSA) is 53.1 Å². The number of nitrogen functional groups attached to an aromatic ring is 1. The Balaban J connectivity index is 1.82. The lowest BCUT2D eigenvalue weighted by Crippen LogP contribution is -2.05. The molecule has 0 fully saturated rings. The van der Waals surface area contributed by atoms with Crippen LogP contribution in [0.1, 0.15) is 16.0 Å². The Morgan fingerprint density at radius 2 is 2.00 bits per heavy atom. The van der Waals surface area contributed by atoms with Crippen molar-refractivity contribution in [3.63, 3.8) is 0 Å². The standard InChI is InChI=1S/C17H17N3OS/c1-10-14-8-3-11-9-19-20(2)16(11)15(14)17(22-10)21-13-6-4-12(18)5-7-13/h4-7,9H,3,8,18H2,1-2H3. The second-order valence-electron chi connectivity index (χ2n) is 5.61. The van der Waals surface area contributed by atoms with Gasteiger partial charge in [-0.25, -0.2) is 0 Å². The summed E-state index contributed by atoms with van der Waals surface area (Å²) < 4.78 is 8.11. The van der Waals surface area contributed by atoms with E-state index in [0.717, 1.165) is 29.3 Å². The summed E-state index contributed by atoms with van der Waals surface area (Å²) in [6.45, 7) is 2.17. The Morgan fingerprint density at radius 3 is 2.77 bits per heavy atom. The predicted octanol–water partition coefficient (Wildman–Crippen LogP) is 3.93. The minimum Gasteiger partial charge on any atom is -0.446 e. The molecule has 1 aromatic carbocycles. The molecular formula is C17H17N3OS. The van der Waals surface area contributed by atoms with Crippen LogP contribution in [-0.2, 0) is 19.9 Å². The third-order valence-electron chi connectivity index (χ3n) is 4.16. The molecule has 2 N–H and O–H groups in total. The van der Waals surface area contributed by atoms with Gasteiger partial charge in [-0.05, 0) is 55.2 Å². The van der Waals surface area contributed by atoms with Gasteiger partial charge in [0.2, 0.25) is 0 Å². The lowest BCUT2D eigenvalue weighted by Gasteiger charge is -2.16. The average Bonchev–Trinajstić information content (AvgIpc) is 3.03. The number of rotatable bonds is 2. The second-order valence-corrected chi connectivity index (χ2v) is 6.80. The van der Waals surface area contributed by atoms with E-state index in [1.807, 2.05) is 42.2 Å². The summed E-state index contributed by atoms with van der Waals surface area (Å²) in [5.74, 6) is 0.813. The maximum absolute atomic E-state index is 6.16. The molecule has 5 heteroatoms. The smallest absolute Gasteiger partial charge is 0.190 e. The number of thiophene rings is 1. The van der Waals surface area contributed by atoms with Crippen molar-refractivity contribution in [3.05, 3.63) is 46.5 Å². The van der Waals surface area contributed by atoms with Crippen molar-refractivity contribution < 1.29 is 4.74 Å². The van der Waals surface area contributed by atoms with Crippen LogP contribution in [-0.4, -0.2) is 9.78 Å². The first kappa shape index (κ1) is 13.4. The number of hydrogen-bond donors (Lipinski definition) is 1. The van der Waals surface area contributed by atoms with E-state index in [0.29, 0.717) is 0 Å². The van der Waals surface area contributed by atoms with Crippen LogP contribution in [0.15, 0.2) is 30.5 Å². The lowest BCUT2D eigenvalue weighted by atomic mass is 9.92. The minimum atomic E-state index is 0.741. The first-order chi connectivity index (χ1) is 10.6. The highest BCUT2D eigenvalue weighted by Gasteiger charge is 2.27. The van der Waals surface area contributed by atoms with E-state index in [1.165, 1.54) is 27.3 Å². The fraction of sp³-hybridized carbons (Fsp3) is 0.235. The summed E-state index contributed by atoms with van der Waals surface area (Å²) in [6.07, 6.45) is 4.08. The molecular weight excluding hydrogens is 294 g/mol. The van der Waals surface area contributed by atoms with Gasteiger partial charge in [0.1, 0.15) is 5.75 Å². The molecule has 0 unspecified atom stereocenters. The van der Waals surface area contributed by atoms with Crippen molar-refractivity contribution in [2.45, 2.75) is 19.8 Å². The lowest BCUT2D eigenvalue weighted by molar-refractivity contribution is 0.497. The second kappa shape index (κ2) is 4.88. The largest absolute Gasteiger partial charge is 0.446 e. The highest BCUT2D eigenvalue weighted by atomic mass is 32.1. The van der Waals surface area contributed by atoms with Gasteiger partial charge >= 0.3 is 0 Å². The van der Waals surface area contributed by atoms with E-state index in [1.54, 1.807) is 11.3 Å². The molecule has 0 amide bonds. The maximum atomic E-state index is 6.16. The number of anilines is 1. The predicted molar refractivity (Wildman–Crippen MR) is 89.6 cm³/mol. The quantitative estimate of drug-likeness (QED) is 0.730. The Hall–Kier alpha value is -2.27. The molecule has 0 saturated heterocycles. The maximum Gasteiger partial charge on any atom is 0.190 e. The zero-order valence-electron chi connectivity index (χ0n) is 12.6. The van der Waals surface area contributed by atoms with Gasteiger partial charge in [-0.15, -0.1) is 11.3 Å². The van der Waals surface area contributed by atoms with Crippen LogP contribution in [0.3, 0.4) is 0 Å². The monoisotopic (exact) mass is 311 g/mol. The van der Waals surface area contributed by atoms with Gasteiger partial charge in [0, 0.05) is 17.6 Å². The molecule has 1 aliphatic carbocycles. The summed E-state index contributed by atoms with van der Waals surface area (Å²) in [7, 11) is 1.99. The van der Waals surface area contributed by atoms with Gasteiger partial charge in [-0.3, -0.25) is 4.68 Å². The summed E-state index contributed by atoms with van der Waals surface area (Å²) in [5, 5.41) is 5.36. The molecule has 0 bridgehead atoms. The molecule has 3 aromatic rings. The van der Waals surface area contributed by atoms with Crippen molar-refractivity contribution in [1.82, 2.24) is 9.78 Å². The van der Waals surface area contributed by atoms with E-state index < -0.39 is 0 Å². The number of aromatic nitrogens is 2. The number of nitrogens with zero attached hydrogens (tertiary/aromatic N) is 2. The van der Waals surface area contributed by atoms with Crippen molar-refractivity contribution >= 4 is 17.0 Å². The Bertz CT molecular complexity index is 846. The van der Waals surface area contributed by atoms with Gasteiger partial charge in [0.05, 0.1) is 17.5 Å². The van der Waals surface area contributed by atoms with Crippen molar-refractivity contribution in [2.75, 3.05) is 5.73 Å². The molecule has 22 heavy (non-hydrogen) atoms. The summed E-state index contributed by atoms with van der Waals surface area (Å²) >= 11 is 1.71. The van der Waals surface area contributed by atoms with Crippen molar-refractivity contribution in [2.24, 2.45) is 7.05 Å². The SMILES string of the molecule is Cc1sc(Oc2ccc(N)cc2)c2c1CCc1cnn(C)c1-2. The van der Waals surface area contributed by atoms with Gasteiger partial charge < -0.3 is 10.5 Å². The molecule has 0 atom stereocenters. The number of benzene rings is 1. The molecule has 4 nitrogen and oxygen atoms in total. The molecule has 112 valence electrons. The number of nitrogens with two attached hydrogens (primary N) is 1. The minimum absolute atomic E-state index is 0.741. The third-order valence-corrected chi connectivity index (χ3v) is 5.19. The number of ether oxygens (including phenoxy) is 1. The summed E-state index contributed by atoms with van der Waals surface area (Å²) in [6, 6.07) is 7.53. The summed E-state index contributed by atoms with van der Waals surface area (Å²) in [5.41, 5.74) is 11.6. The zero-order chi connectivity index (χ0) is 15.3. The van der Waals surface area contributed by atoms with Crippen molar-refractivity contribution in [3.8, 4) is 22.1 Å². The van der Waals surface area contributed by atoms with E-state index in [2.05, 4.69) is 12.0 Å². The van der Waals surface area contributed by atoms with Crippen LogP contribution in [0.25, 0.3) is 11.3 Å². The van der Waals surface area contributed by atoms with Gasteiger partial charge in [-0.2, -0.15) is 5.10 Å². The zero-order valence-corrected chi connectivity index (χ0v) is 13.4. The highest BCUT2D eigenvalue weighted by Crippen LogP contribution is 2.48. The molecule has 0 spiro atoms. The normalized spacial score (nSPS) is 12.8. The highest BCUT2D eigenvalue weighted by molar-refractivity contribution is 7.14. The van der Waals surface area contributed by atoms with Gasteiger partial charge in [0.15, 0.2) is 5.06 Å². The Morgan fingerprint density at radius 1 is 1.23 bits per heavy atom. The van der Waals surface area contributed by atoms with Crippen LogP contribution in [0.2, 0.25) is 0 Å². The molecule has 4 rings (SSSR count). The average molecular weight is 311 g/mol.